The molecule has 1 heterocycles. The van der Waals surface area contributed by atoms with Gasteiger partial charge in [0.25, 0.3) is 0 Å². The predicted molar refractivity (Wildman–Crippen MR) is 135 cm³/mol. The second-order valence-corrected chi connectivity index (χ2v) is 8.89. The van der Waals surface area contributed by atoms with Crippen molar-refractivity contribution in [3.8, 4) is 17.6 Å². The first-order valence-corrected chi connectivity index (χ1v) is 11.8. The van der Waals surface area contributed by atoms with E-state index in [9.17, 15) is 10.1 Å². The number of ether oxygens (including phenoxy) is 3. The fraction of sp³-hybridized carbons (Fsp3) is 0.200. The van der Waals surface area contributed by atoms with Crippen molar-refractivity contribution in [2.45, 2.75) is 31.3 Å². The Kier molecular flexibility index (Phi) is 6.46. The van der Waals surface area contributed by atoms with Crippen molar-refractivity contribution in [2.75, 3.05) is 7.11 Å². The van der Waals surface area contributed by atoms with E-state index >= 15 is 0 Å². The molecule has 0 saturated carbocycles. The Morgan fingerprint density at radius 2 is 1.69 bits per heavy atom. The van der Waals surface area contributed by atoms with Crippen molar-refractivity contribution in [1.82, 2.24) is 0 Å². The van der Waals surface area contributed by atoms with Crippen LogP contribution in [-0.2, 0) is 16.1 Å². The van der Waals surface area contributed by atoms with Gasteiger partial charge in [0, 0.05) is 18.4 Å². The van der Waals surface area contributed by atoms with Gasteiger partial charge in [0.15, 0.2) is 17.3 Å². The first-order valence-electron chi connectivity index (χ1n) is 11.8. The minimum atomic E-state index is -0.625. The number of allylic oxidation sites excluding steroid dienone is 3. The Balaban J connectivity index is 1.49. The molecule has 0 amide bonds. The fourth-order valence-corrected chi connectivity index (χ4v) is 4.92. The number of carbonyl (C=O) groups is 1. The molecule has 0 saturated heterocycles. The quantitative estimate of drug-likeness (QED) is 0.504. The molecule has 5 rings (SSSR count). The monoisotopic (exact) mass is 478 g/mol. The average Bonchev–Trinajstić information content (AvgIpc) is 2.92. The number of rotatable bonds is 6. The maximum atomic E-state index is 13.5. The third-order valence-corrected chi connectivity index (χ3v) is 6.69. The standard InChI is InChI=1S/C30H26N2O4/c1-34-26-15-21(12-13-25(26)35-18-19-8-4-2-5-9-19)28-23(17-31)30(32)36-27-16-22(14-24(33)29(27)28)20-10-6-3-7-11-20/h2-13,15,22,28H,14,16,18,32H2,1H3/t22-,28-/m1/s1. The number of ketones is 1. The SMILES string of the molecule is COc1cc([C@@H]2C(C#N)=C(N)OC3=C2C(=O)C[C@@H](c2ccccc2)C3)ccc1OCc1ccccc1. The van der Waals surface area contributed by atoms with Crippen LogP contribution in [0.1, 0.15) is 41.4 Å². The molecule has 0 spiro atoms. The van der Waals surface area contributed by atoms with Crippen molar-refractivity contribution < 1.29 is 19.0 Å². The molecule has 6 heteroatoms. The Labute approximate surface area is 210 Å². The zero-order valence-corrected chi connectivity index (χ0v) is 19.9. The van der Waals surface area contributed by atoms with Crippen LogP contribution in [0.5, 0.6) is 11.5 Å². The first-order chi connectivity index (χ1) is 17.6. The zero-order chi connectivity index (χ0) is 25.1. The lowest BCUT2D eigenvalue weighted by molar-refractivity contribution is -0.117. The van der Waals surface area contributed by atoms with Gasteiger partial charge in [-0.1, -0.05) is 66.7 Å². The summed E-state index contributed by atoms with van der Waals surface area (Å²) in [5.41, 5.74) is 9.75. The van der Waals surface area contributed by atoms with Crippen LogP contribution in [-0.4, -0.2) is 12.9 Å². The average molecular weight is 479 g/mol. The van der Waals surface area contributed by atoms with Gasteiger partial charge in [-0.15, -0.1) is 0 Å². The number of hydrogen-bond acceptors (Lipinski definition) is 6. The molecule has 2 atom stereocenters. The normalized spacial score (nSPS) is 19.3. The summed E-state index contributed by atoms with van der Waals surface area (Å²) < 4.78 is 17.5. The molecular formula is C30H26N2O4. The molecule has 0 bridgehead atoms. The van der Waals surface area contributed by atoms with E-state index in [-0.39, 0.29) is 23.2 Å². The Hall–Kier alpha value is -4.50. The fourth-order valence-electron chi connectivity index (χ4n) is 4.92. The van der Waals surface area contributed by atoms with E-state index < -0.39 is 5.92 Å². The van der Waals surface area contributed by atoms with Crippen molar-refractivity contribution in [1.29, 1.82) is 5.26 Å². The number of hydrogen-bond donors (Lipinski definition) is 1. The molecule has 0 aromatic heterocycles. The van der Waals surface area contributed by atoms with E-state index in [0.717, 1.165) is 16.7 Å². The van der Waals surface area contributed by atoms with Crippen molar-refractivity contribution in [3.05, 3.63) is 118 Å². The molecule has 180 valence electrons. The van der Waals surface area contributed by atoms with Crippen LogP contribution in [0.3, 0.4) is 0 Å². The molecule has 6 nitrogen and oxygen atoms in total. The molecule has 3 aromatic carbocycles. The molecule has 0 fully saturated rings. The van der Waals surface area contributed by atoms with Gasteiger partial charge in [-0.2, -0.15) is 5.26 Å². The second-order valence-electron chi connectivity index (χ2n) is 8.89. The molecule has 2 aliphatic rings. The minimum absolute atomic E-state index is 0.00201. The van der Waals surface area contributed by atoms with Gasteiger partial charge in [-0.3, -0.25) is 4.79 Å². The second kappa shape index (κ2) is 10.0. The number of Topliss-reactive ketones (excluding diaryl/α,β-unsaturated/α-hetero) is 1. The summed E-state index contributed by atoms with van der Waals surface area (Å²) in [4.78, 5) is 13.5. The number of nitriles is 1. The summed E-state index contributed by atoms with van der Waals surface area (Å²) in [5.74, 6) is 0.979. The molecule has 36 heavy (non-hydrogen) atoms. The summed E-state index contributed by atoms with van der Waals surface area (Å²) in [6.45, 7) is 0.388. The number of nitrogens with two attached hydrogens (primary N) is 1. The topological polar surface area (TPSA) is 94.6 Å². The van der Waals surface area contributed by atoms with Gasteiger partial charge in [0.1, 0.15) is 24.0 Å². The lowest BCUT2D eigenvalue weighted by Crippen LogP contribution is -2.29. The largest absolute Gasteiger partial charge is 0.493 e. The zero-order valence-electron chi connectivity index (χ0n) is 19.9. The summed E-state index contributed by atoms with van der Waals surface area (Å²) in [6, 6.07) is 27.4. The summed E-state index contributed by atoms with van der Waals surface area (Å²) in [7, 11) is 1.56. The summed E-state index contributed by atoms with van der Waals surface area (Å²) in [5, 5.41) is 9.93. The van der Waals surface area contributed by atoms with Crippen LogP contribution < -0.4 is 15.2 Å². The van der Waals surface area contributed by atoms with Crippen LogP contribution in [0.4, 0.5) is 0 Å². The van der Waals surface area contributed by atoms with E-state index in [1.165, 1.54) is 0 Å². The maximum absolute atomic E-state index is 13.5. The highest BCUT2D eigenvalue weighted by Gasteiger charge is 2.41. The van der Waals surface area contributed by atoms with E-state index in [1.807, 2.05) is 72.8 Å². The number of carbonyl (C=O) groups excluding carboxylic acids is 1. The van der Waals surface area contributed by atoms with Crippen LogP contribution in [0.25, 0.3) is 0 Å². The van der Waals surface area contributed by atoms with E-state index in [0.29, 0.717) is 42.3 Å². The highest BCUT2D eigenvalue weighted by molar-refractivity contribution is 6.00. The van der Waals surface area contributed by atoms with Crippen LogP contribution in [0.15, 0.2) is 102 Å². The summed E-state index contributed by atoms with van der Waals surface area (Å²) in [6.07, 6.45) is 0.882. The molecule has 3 aromatic rings. The molecule has 0 unspecified atom stereocenters. The predicted octanol–water partition coefficient (Wildman–Crippen LogP) is 5.48. The lowest BCUT2D eigenvalue weighted by atomic mass is 9.73. The maximum Gasteiger partial charge on any atom is 0.205 e. The molecule has 2 N–H and O–H groups in total. The Morgan fingerprint density at radius 3 is 2.39 bits per heavy atom. The first kappa shape index (κ1) is 23.3. The van der Waals surface area contributed by atoms with Crippen molar-refractivity contribution in [3.63, 3.8) is 0 Å². The Bertz CT molecular complexity index is 1390. The van der Waals surface area contributed by atoms with Gasteiger partial charge < -0.3 is 19.9 Å². The van der Waals surface area contributed by atoms with Gasteiger partial charge in [-0.25, -0.2) is 0 Å². The van der Waals surface area contributed by atoms with Crippen molar-refractivity contribution >= 4 is 5.78 Å². The Morgan fingerprint density at radius 1 is 0.972 bits per heavy atom. The highest BCUT2D eigenvalue weighted by atomic mass is 16.5. The lowest BCUT2D eigenvalue weighted by Gasteiger charge is -2.34. The van der Waals surface area contributed by atoms with Crippen molar-refractivity contribution in [2.24, 2.45) is 5.73 Å². The third-order valence-electron chi connectivity index (χ3n) is 6.69. The molecule has 1 aliphatic heterocycles. The van der Waals surface area contributed by atoms with Gasteiger partial charge in [0.05, 0.1) is 13.0 Å². The van der Waals surface area contributed by atoms with Gasteiger partial charge in [-0.05, 0) is 34.7 Å². The molecule has 0 radical (unpaired) electrons. The third kappa shape index (κ3) is 4.44. The smallest absolute Gasteiger partial charge is 0.205 e. The van der Waals surface area contributed by atoms with Crippen LogP contribution in [0.2, 0.25) is 0 Å². The highest BCUT2D eigenvalue weighted by Crippen LogP contribution is 2.47. The summed E-state index contributed by atoms with van der Waals surface area (Å²) >= 11 is 0. The minimum Gasteiger partial charge on any atom is -0.493 e. The van der Waals surface area contributed by atoms with E-state index in [2.05, 4.69) is 6.07 Å². The van der Waals surface area contributed by atoms with Crippen LogP contribution in [0, 0.1) is 11.3 Å². The van der Waals surface area contributed by atoms with Crippen LogP contribution >= 0.6 is 0 Å². The molecule has 1 aliphatic carbocycles. The van der Waals surface area contributed by atoms with E-state index in [4.69, 9.17) is 19.9 Å². The number of benzene rings is 3. The molecular weight excluding hydrogens is 452 g/mol. The van der Waals surface area contributed by atoms with Gasteiger partial charge >= 0.3 is 0 Å². The van der Waals surface area contributed by atoms with E-state index in [1.54, 1.807) is 13.2 Å². The number of nitrogens with zero attached hydrogens (tertiary/aromatic N) is 1. The number of methoxy groups -OCH3 is 1. The van der Waals surface area contributed by atoms with Gasteiger partial charge in [0.2, 0.25) is 5.88 Å².